The molecular weight excluding hydrogens is 373 g/mol. The number of nitrogens with zero attached hydrogens (tertiary/aromatic N) is 1. The van der Waals surface area contributed by atoms with Crippen molar-refractivity contribution in [3.63, 3.8) is 0 Å². The maximum Gasteiger partial charge on any atom is 0.270 e. The van der Waals surface area contributed by atoms with Crippen LogP contribution in [0.5, 0.6) is 0 Å². The lowest BCUT2D eigenvalue weighted by molar-refractivity contribution is 0.0934. The highest BCUT2D eigenvalue weighted by molar-refractivity contribution is 6.35. The van der Waals surface area contributed by atoms with E-state index in [0.29, 0.717) is 28.6 Å². The van der Waals surface area contributed by atoms with E-state index in [-0.39, 0.29) is 23.6 Å². The molecule has 26 heavy (non-hydrogen) atoms. The Morgan fingerprint density at radius 3 is 2.62 bits per heavy atom. The number of pyridine rings is 1. The van der Waals surface area contributed by atoms with Gasteiger partial charge in [0.25, 0.3) is 11.8 Å². The van der Waals surface area contributed by atoms with Crippen LogP contribution < -0.4 is 10.6 Å². The minimum Gasteiger partial charge on any atom is -0.352 e. The van der Waals surface area contributed by atoms with Gasteiger partial charge in [-0.3, -0.25) is 14.6 Å². The molecule has 0 saturated carbocycles. The minimum absolute atomic E-state index is 0.0471. The zero-order valence-electron chi connectivity index (χ0n) is 14.7. The summed E-state index contributed by atoms with van der Waals surface area (Å²) in [6.07, 6.45) is 2.85. The van der Waals surface area contributed by atoms with E-state index in [1.165, 1.54) is 12.3 Å². The predicted molar refractivity (Wildman–Crippen MR) is 104 cm³/mol. The van der Waals surface area contributed by atoms with E-state index in [2.05, 4.69) is 15.6 Å². The molecule has 5 nitrogen and oxygen atoms in total. The van der Waals surface area contributed by atoms with Gasteiger partial charge in [0.15, 0.2) is 0 Å². The van der Waals surface area contributed by atoms with Gasteiger partial charge in [-0.05, 0) is 49.6 Å². The van der Waals surface area contributed by atoms with Crippen molar-refractivity contribution in [3.8, 4) is 0 Å². The lowest BCUT2D eigenvalue weighted by atomic mass is 10.1. The molecule has 2 rings (SSSR count). The van der Waals surface area contributed by atoms with Gasteiger partial charge < -0.3 is 10.6 Å². The highest BCUT2D eigenvalue weighted by Crippen LogP contribution is 2.21. The quantitative estimate of drug-likeness (QED) is 0.749. The molecule has 0 aliphatic rings. The van der Waals surface area contributed by atoms with Crippen LogP contribution in [-0.4, -0.2) is 29.4 Å². The Morgan fingerprint density at radius 1 is 1.15 bits per heavy atom. The largest absolute Gasteiger partial charge is 0.352 e. The highest BCUT2D eigenvalue weighted by atomic mass is 35.5. The Balaban J connectivity index is 1.95. The second kappa shape index (κ2) is 9.55. The molecule has 138 valence electrons. The van der Waals surface area contributed by atoms with Crippen LogP contribution >= 0.6 is 23.2 Å². The summed E-state index contributed by atoms with van der Waals surface area (Å²) >= 11 is 12.0. The van der Waals surface area contributed by atoms with Gasteiger partial charge in [-0.25, -0.2) is 0 Å². The van der Waals surface area contributed by atoms with Crippen molar-refractivity contribution in [1.82, 2.24) is 15.6 Å². The fourth-order valence-corrected chi connectivity index (χ4v) is 2.74. The van der Waals surface area contributed by atoms with E-state index in [1.807, 2.05) is 19.9 Å². The van der Waals surface area contributed by atoms with Crippen LogP contribution in [-0.2, 0) is 6.42 Å². The van der Waals surface area contributed by atoms with Gasteiger partial charge in [-0.1, -0.05) is 36.2 Å². The summed E-state index contributed by atoms with van der Waals surface area (Å²) in [5.41, 5.74) is 1.51. The molecule has 0 fully saturated rings. The number of rotatable bonds is 7. The Morgan fingerprint density at radius 2 is 1.92 bits per heavy atom. The van der Waals surface area contributed by atoms with Crippen molar-refractivity contribution < 1.29 is 9.59 Å². The standard InChI is InChI=1S/C19H21Cl2N3O2/c1-3-12(2)24-19(26)17-10-14(7-8-22-17)18(25)23-9-6-13-4-5-15(20)11-16(13)21/h4-5,7-8,10-12H,3,6,9H2,1-2H3,(H,23,25)(H,24,26). The van der Waals surface area contributed by atoms with Gasteiger partial charge in [0.1, 0.15) is 5.69 Å². The molecule has 1 atom stereocenters. The number of halogens is 2. The van der Waals surface area contributed by atoms with Crippen LogP contribution in [0.3, 0.4) is 0 Å². The Bertz CT molecular complexity index is 796. The first-order valence-corrected chi connectivity index (χ1v) is 9.15. The van der Waals surface area contributed by atoms with Crippen molar-refractivity contribution in [2.75, 3.05) is 6.54 Å². The van der Waals surface area contributed by atoms with E-state index in [9.17, 15) is 9.59 Å². The molecule has 2 amide bonds. The fourth-order valence-electron chi connectivity index (χ4n) is 2.23. The fraction of sp³-hybridized carbons (Fsp3) is 0.316. The number of carbonyl (C=O) groups is 2. The SMILES string of the molecule is CCC(C)NC(=O)c1cc(C(=O)NCCc2ccc(Cl)cc2Cl)ccn1. The van der Waals surface area contributed by atoms with Gasteiger partial charge in [0.05, 0.1) is 0 Å². The molecule has 1 aromatic heterocycles. The number of hydrogen-bond acceptors (Lipinski definition) is 3. The van der Waals surface area contributed by atoms with Crippen LogP contribution in [0.2, 0.25) is 10.0 Å². The summed E-state index contributed by atoms with van der Waals surface area (Å²) in [5.74, 6) is -0.558. The van der Waals surface area contributed by atoms with Crippen LogP contribution in [0.25, 0.3) is 0 Å². The van der Waals surface area contributed by atoms with Crippen molar-refractivity contribution in [2.24, 2.45) is 0 Å². The van der Waals surface area contributed by atoms with E-state index in [4.69, 9.17) is 23.2 Å². The maximum absolute atomic E-state index is 12.3. The lowest BCUT2D eigenvalue weighted by Gasteiger charge is -2.11. The van der Waals surface area contributed by atoms with E-state index >= 15 is 0 Å². The first kappa shape index (κ1) is 20.2. The van der Waals surface area contributed by atoms with Crippen LogP contribution in [0.4, 0.5) is 0 Å². The van der Waals surface area contributed by atoms with Gasteiger partial charge in [-0.2, -0.15) is 0 Å². The third-order valence-corrected chi connectivity index (χ3v) is 4.53. The normalized spacial score (nSPS) is 11.7. The first-order chi connectivity index (χ1) is 12.4. The molecule has 1 heterocycles. The van der Waals surface area contributed by atoms with Crippen molar-refractivity contribution in [3.05, 3.63) is 63.4 Å². The summed E-state index contributed by atoms with van der Waals surface area (Å²) in [6.45, 7) is 4.31. The molecule has 2 N–H and O–H groups in total. The summed E-state index contributed by atoms with van der Waals surface area (Å²) in [6, 6.07) is 8.38. The van der Waals surface area contributed by atoms with Crippen molar-refractivity contribution >= 4 is 35.0 Å². The minimum atomic E-state index is -0.290. The molecule has 0 spiro atoms. The van der Waals surface area contributed by atoms with Crippen LogP contribution in [0.1, 0.15) is 46.7 Å². The molecule has 0 radical (unpaired) electrons. The Labute approximate surface area is 163 Å². The molecule has 0 saturated heterocycles. The number of hydrogen-bond donors (Lipinski definition) is 2. The molecular formula is C19H21Cl2N3O2. The first-order valence-electron chi connectivity index (χ1n) is 8.39. The predicted octanol–water partition coefficient (Wildman–Crippen LogP) is 3.89. The molecule has 0 aliphatic heterocycles. The number of aromatic nitrogens is 1. The molecule has 1 aromatic carbocycles. The van der Waals surface area contributed by atoms with E-state index in [1.54, 1.807) is 18.2 Å². The summed E-state index contributed by atoms with van der Waals surface area (Å²) in [7, 11) is 0. The summed E-state index contributed by atoms with van der Waals surface area (Å²) in [4.78, 5) is 28.5. The van der Waals surface area contributed by atoms with Gasteiger partial charge in [0, 0.05) is 34.4 Å². The number of benzene rings is 1. The third-order valence-electron chi connectivity index (χ3n) is 3.94. The molecule has 0 aliphatic carbocycles. The average molecular weight is 394 g/mol. The zero-order chi connectivity index (χ0) is 19.1. The van der Waals surface area contributed by atoms with E-state index in [0.717, 1.165) is 12.0 Å². The number of carbonyl (C=O) groups excluding carboxylic acids is 2. The molecule has 1 unspecified atom stereocenters. The molecule has 7 heteroatoms. The Hall–Kier alpha value is -2.11. The maximum atomic E-state index is 12.3. The van der Waals surface area contributed by atoms with Gasteiger partial charge in [-0.15, -0.1) is 0 Å². The monoisotopic (exact) mass is 393 g/mol. The van der Waals surface area contributed by atoms with Crippen molar-refractivity contribution in [2.45, 2.75) is 32.7 Å². The highest BCUT2D eigenvalue weighted by Gasteiger charge is 2.13. The average Bonchev–Trinajstić information content (AvgIpc) is 2.63. The lowest BCUT2D eigenvalue weighted by Crippen LogP contribution is -2.33. The van der Waals surface area contributed by atoms with Gasteiger partial charge >= 0.3 is 0 Å². The van der Waals surface area contributed by atoms with Crippen molar-refractivity contribution in [1.29, 1.82) is 0 Å². The van der Waals surface area contributed by atoms with Crippen LogP contribution in [0.15, 0.2) is 36.5 Å². The number of nitrogens with one attached hydrogen (secondary N) is 2. The summed E-state index contributed by atoms with van der Waals surface area (Å²) < 4.78 is 0. The third kappa shape index (κ3) is 5.71. The van der Waals surface area contributed by atoms with Crippen LogP contribution in [0, 0.1) is 0 Å². The Kier molecular flexibility index (Phi) is 7.42. The smallest absolute Gasteiger partial charge is 0.270 e. The topological polar surface area (TPSA) is 71.1 Å². The summed E-state index contributed by atoms with van der Waals surface area (Å²) in [5, 5.41) is 6.79. The van der Waals surface area contributed by atoms with Gasteiger partial charge in [0.2, 0.25) is 0 Å². The molecule has 2 aromatic rings. The molecule has 0 bridgehead atoms. The second-order valence-corrected chi connectivity index (χ2v) is 6.80. The van der Waals surface area contributed by atoms with E-state index < -0.39 is 0 Å². The number of amides is 2. The second-order valence-electron chi connectivity index (χ2n) is 5.95. The zero-order valence-corrected chi connectivity index (χ0v) is 16.2.